The van der Waals surface area contributed by atoms with Crippen molar-refractivity contribution in [2.75, 3.05) is 44.7 Å². The number of ether oxygens (including phenoxy) is 1. The maximum absolute atomic E-state index is 5.92. The van der Waals surface area contributed by atoms with Gasteiger partial charge in [0.05, 0.1) is 17.7 Å². The van der Waals surface area contributed by atoms with Gasteiger partial charge < -0.3 is 19.5 Å². The van der Waals surface area contributed by atoms with E-state index in [2.05, 4.69) is 50.0 Å². The molecule has 0 unspecified atom stereocenters. The Kier molecular flexibility index (Phi) is 4.28. The Morgan fingerprint density at radius 3 is 2.76 bits per heavy atom. The number of piperazine rings is 1. The second-order valence-electron chi connectivity index (χ2n) is 6.36. The largest absolute Gasteiger partial charge is 0.493 e. The Labute approximate surface area is 147 Å². The Balaban J connectivity index is 1.69. The number of imidazole rings is 1. The highest BCUT2D eigenvalue weighted by Gasteiger charge is 2.17. The highest BCUT2D eigenvalue weighted by atomic mass is 16.5. The fourth-order valence-corrected chi connectivity index (χ4v) is 3.22. The van der Waals surface area contributed by atoms with E-state index in [1.807, 2.05) is 19.1 Å². The predicted octanol–water partition coefficient (Wildman–Crippen LogP) is 2.78. The van der Waals surface area contributed by atoms with E-state index in [1.165, 1.54) is 5.69 Å². The number of rotatable bonds is 4. The number of benzene rings is 1. The second-order valence-corrected chi connectivity index (χ2v) is 6.36. The first-order valence-electron chi connectivity index (χ1n) is 8.76. The monoisotopic (exact) mass is 337 g/mol. The number of nitrogens with zero attached hydrogens (tertiary/aromatic N) is 4. The maximum atomic E-state index is 5.92. The summed E-state index contributed by atoms with van der Waals surface area (Å²) in [5.41, 5.74) is 3.83. The van der Waals surface area contributed by atoms with Crippen LogP contribution in [0.3, 0.4) is 0 Å². The molecule has 3 aromatic rings. The van der Waals surface area contributed by atoms with E-state index in [9.17, 15) is 0 Å². The van der Waals surface area contributed by atoms with E-state index >= 15 is 0 Å². The van der Waals surface area contributed by atoms with Gasteiger partial charge in [-0.25, -0.2) is 9.97 Å². The van der Waals surface area contributed by atoms with Gasteiger partial charge in [-0.1, -0.05) is 0 Å². The standard InChI is InChI=1S/C19H23N5O/c1-3-25-17-13-14(24-11-9-23(2)10-12-24)6-7-15(17)18-21-16-5-4-8-20-19(16)22-18/h4-8,13H,3,9-12H2,1-2H3,(H,20,21,22). The van der Waals surface area contributed by atoms with Crippen molar-refractivity contribution in [3.8, 4) is 17.1 Å². The quantitative estimate of drug-likeness (QED) is 0.793. The molecule has 0 spiro atoms. The third-order valence-corrected chi connectivity index (χ3v) is 4.65. The molecule has 0 bridgehead atoms. The lowest BCUT2D eigenvalue weighted by atomic mass is 10.1. The average Bonchev–Trinajstić information content (AvgIpc) is 3.06. The minimum Gasteiger partial charge on any atom is -0.493 e. The van der Waals surface area contributed by atoms with Crippen molar-refractivity contribution in [1.82, 2.24) is 19.9 Å². The summed E-state index contributed by atoms with van der Waals surface area (Å²) in [7, 11) is 2.17. The molecule has 1 N–H and O–H groups in total. The molecular formula is C19H23N5O. The van der Waals surface area contributed by atoms with Gasteiger partial charge in [0.2, 0.25) is 0 Å². The molecule has 6 heteroatoms. The summed E-state index contributed by atoms with van der Waals surface area (Å²) in [5, 5.41) is 0. The minimum atomic E-state index is 0.623. The van der Waals surface area contributed by atoms with Gasteiger partial charge in [0, 0.05) is 44.1 Å². The first-order valence-corrected chi connectivity index (χ1v) is 8.76. The fourth-order valence-electron chi connectivity index (χ4n) is 3.22. The van der Waals surface area contributed by atoms with Crippen LogP contribution in [0.25, 0.3) is 22.6 Å². The average molecular weight is 337 g/mol. The normalized spacial score (nSPS) is 15.7. The Bertz CT molecular complexity index is 834. The summed E-state index contributed by atoms with van der Waals surface area (Å²) in [6.07, 6.45) is 1.76. The zero-order chi connectivity index (χ0) is 17.2. The van der Waals surface area contributed by atoms with Crippen LogP contribution in [0, 0.1) is 0 Å². The van der Waals surface area contributed by atoms with Crippen LogP contribution in [0.2, 0.25) is 0 Å². The van der Waals surface area contributed by atoms with Gasteiger partial charge >= 0.3 is 0 Å². The van der Waals surface area contributed by atoms with E-state index in [0.29, 0.717) is 6.61 Å². The molecule has 130 valence electrons. The number of aromatic amines is 1. The first-order chi connectivity index (χ1) is 12.2. The van der Waals surface area contributed by atoms with Crippen molar-refractivity contribution in [2.24, 2.45) is 0 Å². The lowest BCUT2D eigenvalue weighted by Crippen LogP contribution is -2.44. The Morgan fingerprint density at radius 1 is 1.16 bits per heavy atom. The molecule has 1 saturated heterocycles. The number of likely N-dealkylation sites (N-methyl/N-ethyl adjacent to an activating group) is 1. The fraction of sp³-hybridized carbons (Fsp3) is 0.368. The van der Waals surface area contributed by atoms with Gasteiger partial charge in [-0.2, -0.15) is 0 Å². The summed E-state index contributed by atoms with van der Waals surface area (Å²) in [6, 6.07) is 10.3. The van der Waals surface area contributed by atoms with E-state index in [1.54, 1.807) is 6.20 Å². The number of hydrogen-bond donors (Lipinski definition) is 1. The number of anilines is 1. The molecule has 4 rings (SSSR count). The molecule has 0 amide bonds. The van der Waals surface area contributed by atoms with Gasteiger partial charge in [-0.05, 0) is 38.2 Å². The lowest BCUT2D eigenvalue weighted by molar-refractivity contribution is 0.312. The molecule has 0 saturated carbocycles. The van der Waals surface area contributed by atoms with Gasteiger partial charge in [0.1, 0.15) is 11.6 Å². The number of H-pyrrole nitrogens is 1. The van der Waals surface area contributed by atoms with E-state index in [0.717, 1.165) is 54.5 Å². The Morgan fingerprint density at radius 2 is 2.00 bits per heavy atom. The minimum absolute atomic E-state index is 0.623. The number of aromatic nitrogens is 3. The lowest BCUT2D eigenvalue weighted by Gasteiger charge is -2.34. The molecule has 6 nitrogen and oxygen atoms in total. The van der Waals surface area contributed by atoms with Crippen molar-refractivity contribution >= 4 is 16.9 Å². The van der Waals surface area contributed by atoms with Crippen LogP contribution in [0.1, 0.15) is 6.92 Å². The summed E-state index contributed by atoms with van der Waals surface area (Å²) in [4.78, 5) is 17.0. The molecule has 1 aliphatic heterocycles. The van der Waals surface area contributed by atoms with Gasteiger partial charge in [0.15, 0.2) is 5.65 Å². The van der Waals surface area contributed by atoms with Crippen molar-refractivity contribution in [1.29, 1.82) is 0 Å². The highest BCUT2D eigenvalue weighted by Crippen LogP contribution is 2.33. The summed E-state index contributed by atoms with van der Waals surface area (Å²) >= 11 is 0. The molecule has 1 fully saturated rings. The van der Waals surface area contributed by atoms with Crippen LogP contribution in [0.15, 0.2) is 36.5 Å². The van der Waals surface area contributed by atoms with E-state index in [4.69, 9.17) is 4.74 Å². The van der Waals surface area contributed by atoms with E-state index in [-0.39, 0.29) is 0 Å². The number of pyridine rings is 1. The predicted molar refractivity (Wildman–Crippen MR) is 100 cm³/mol. The molecule has 2 aromatic heterocycles. The van der Waals surface area contributed by atoms with Crippen molar-refractivity contribution < 1.29 is 4.74 Å². The Hall–Kier alpha value is -2.60. The zero-order valence-corrected chi connectivity index (χ0v) is 14.7. The molecule has 1 aliphatic rings. The number of fused-ring (bicyclic) bond motifs is 1. The van der Waals surface area contributed by atoms with Crippen LogP contribution >= 0.6 is 0 Å². The van der Waals surface area contributed by atoms with Crippen LogP contribution < -0.4 is 9.64 Å². The van der Waals surface area contributed by atoms with E-state index < -0.39 is 0 Å². The van der Waals surface area contributed by atoms with Gasteiger partial charge in [-0.15, -0.1) is 0 Å². The van der Waals surface area contributed by atoms with Crippen molar-refractivity contribution in [3.05, 3.63) is 36.5 Å². The van der Waals surface area contributed by atoms with Crippen LogP contribution in [-0.4, -0.2) is 59.7 Å². The molecule has 0 aliphatic carbocycles. The van der Waals surface area contributed by atoms with Gasteiger partial charge in [0.25, 0.3) is 0 Å². The van der Waals surface area contributed by atoms with Crippen LogP contribution in [0.4, 0.5) is 5.69 Å². The number of nitrogens with one attached hydrogen (secondary N) is 1. The maximum Gasteiger partial charge on any atom is 0.178 e. The number of hydrogen-bond acceptors (Lipinski definition) is 5. The van der Waals surface area contributed by atoms with Gasteiger partial charge in [-0.3, -0.25) is 0 Å². The second kappa shape index (κ2) is 6.72. The highest BCUT2D eigenvalue weighted by molar-refractivity contribution is 5.78. The third kappa shape index (κ3) is 3.17. The van der Waals surface area contributed by atoms with Crippen LogP contribution in [0.5, 0.6) is 5.75 Å². The zero-order valence-electron chi connectivity index (χ0n) is 14.7. The van der Waals surface area contributed by atoms with Crippen LogP contribution in [-0.2, 0) is 0 Å². The molecule has 1 aromatic carbocycles. The SMILES string of the molecule is CCOc1cc(N2CCN(C)CC2)ccc1-c1nc2ncccc2[nH]1. The summed E-state index contributed by atoms with van der Waals surface area (Å²) in [6.45, 7) is 6.87. The molecule has 25 heavy (non-hydrogen) atoms. The van der Waals surface area contributed by atoms with Crippen molar-refractivity contribution in [2.45, 2.75) is 6.92 Å². The molecular weight excluding hydrogens is 314 g/mol. The third-order valence-electron chi connectivity index (χ3n) is 4.65. The first kappa shape index (κ1) is 15.9. The molecule has 3 heterocycles. The smallest absolute Gasteiger partial charge is 0.178 e. The molecule has 0 radical (unpaired) electrons. The summed E-state index contributed by atoms with van der Waals surface area (Å²) in [5.74, 6) is 1.65. The van der Waals surface area contributed by atoms with Crippen molar-refractivity contribution in [3.63, 3.8) is 0 Å². The summed E-state index contributed by atoms with van der Waals surface area (Å²) < 4.78 is 5.92. The molecule has 0 atom stereocenters. The topological polar surface area (TPSA) is 57.3 Å².